The number of rotatable bonds is 22. The summed E-state index contributed by atoms with van der Waals surface area (Å²) in [5, 5.41) is 8.70. The molecule has 0 aromatic carbocycles. The van der Waals surface area contributed by atoms with Crippen molar-refractivity contribution < 1.29 is 27.0 Å². The van der Waals surface area contributed by atoms with Gasteiger partial charge >= 0.3 is 10.4 Å². The van der Waals surface area contributed by atoms with Crippen molar-refractivity contribution in [2.75, 3.05) is 19.8 Å². The van der Waals surface area contributed by atoms with Gasteiger partial charge < -0.3 is 9.84 Å². The Bertz CT molecular complexity index is 464. The molecule has 2 N–H and O–H groups in total. The van der Waals surface area contributed by atoms with Crippen LogP contribution < -0.4 is 0 Å². The lowest BCUT2D eigenvalue weighted by molar-refractivity contribution is 0.0262. The summed E-state index contributed by atoms with van der Waals surface area (Å²) in [5.41, 5.74) is 0. The zero-order valence-electron chi connectivity index (χ0n) is 18.4. The van der Waals surface area contributed by atoms with E-state index in [0.717, 1.165) is 25.7 Å². The van der Waals surface area contributed by atoms with Crippen LogP contribution in [0.15, 0.2) is 12.2 Å². The van der Waals surface area contributed by atoms with Crippen LogP contribution in [0.25, 0.3) is 0 Å². The molecule has 0 heterocycles. The van der Waals surface area contributed by atoms with Crippen LogP contribution in [0.1, 0.15) is 103 Å². The number of aliphatic hydroxyl groups excluding tert-OH is 1. The van der Waals surface area contributed by atoms with Crippen LogP contribution >= 0.6 is 0 Å². The summed E-state index contributed by atoms with van der Waals surface area (Å²) in [4.78, 5) is 0. The Balaban J connectivity index is 3.54. The van der Waals surface area contributed by atoms with Crippen LogP contribution in [0, 0.1) is 0 Å². The third kappa shape index (κ3) is 23.7. The van der Waals surface area contributed by atoms with E-state index in [-0.39, 0.29) is 19.8 Å². The maximum absolute atomic E-state index is 10.9. The summed E-state index contributed by atoms with van der Waals surface area (Å²) in [6.45, 7) is 2.29. The van der Waals surface area contributed by atoms with Gasteiger partial charge in [0.05, 0.1) is 19.8 Å². The van der Waals surface area contributed by atoms with E-state index in [2.05, 4.69) is 23.3 Å². The highest BCUT2D eigenvalue weighted by atomic mass is 32.3. The molecule has 6 nitrogen and oxygen atoms in total. The molecule has 0 saturated heterocycles. The Hall–Kier alpha value is -0.470. The van der Waals surface area contributed by atoms with Gasteiger partial charge in [0, 0.05) is 0 Å². The Morgan fingerprint density at radius 1 is 0.828 bits per heavy atom. The highest BCUT2D eigenvalue weighted by Crippen LogP contribution is 2.13. The molecule has 0 saturated carbocycles. The van der Waals surface area contributed by atoms with Gasteiger partial charge in [0.25, 0.3) is 0 Å². The van der Waals surface area contributed by atoms with E-state index in [1.807, 2.05) is 0 Å². The minimum Gasteiger partial charge on any atom is -0.394 e. The molecule has 0 aromatic rings. The number of ether oxygens (including phenoxy) is 1. The summed E-state index contributed by atoms with van der Waals surface area (Å²) in [5.74, 6) is 0. The van der Waals surface area contributed by atoms with E-state index in [1.165, 1.54) is 64.2 Å². The van der Waals surface area contributed by atoms with Gasteiger partial charge in [0.1, 0.15) is 6.10 Å². The van der Waals surface area contributed by atoms with Gasteiger partial charge in [-0.1, -0.05) is 83.3 Å². The first-order valence-corrected chi connectivity index (χ1v) is 12.9. The van der Waals surface area contributed by atoms with Crippen LogP contribution in [-0.4, -0.2) is 44.0 Å². The second-order valence-corrected chi connectivity index (χ2v) is 8.72. The monoisotopic (exact) mass is 436 g/mol. The fourth-order valence-electron chi connectivity index (χ4n) is 3.23. The molecule has 29 heavy (non-hydrogen) atoms. The predicted octanol–water partition coefficient (Wildman–Crippen LogP) is 5.61. The minimum atomic E-state index is -4.48. The van der Waals surface area contributed by atoms with E-state index in [1.54, 1.807) is 0 Å². The third-order valence-corrected chi connectivity index (χ3v) is 5.35. The van der Waals surface area contributed by atoms with E-state index in [4.69, 9.17) is 14.4 Å². The maximum Gasteiger partial charge on any atom is 0.397 e. The van der Waals surface area contributed by atoms with Gasteiger partial charge in [-0.25, -0.2) is 4.18 Å². The highest BCUT2D eigenvalue weighted by Gasteiger charge is 2.17. The number of hydrogen-bond donors (Lipinski definition) is 2. The van der Waals surface area contributed by atoms with Crippen molar-refractivity contribution in [3.05, 3.63) is 12.2 Å². The summed E-state index contributed by atoms with van der Waals surface area (Å²) in [6, 6.07) is 0. The SMILES string of the molecule is CCCCCCCC/C=C\CCCCCCCCC(COCCO)OS(=O)(=O)O. The molecule has 7 heteroatoms. The van der Waals surface area contributed by atoms with Crippen molar-refractivity contribution in [3.8, 4) is 0 Å². The summed E-state index contributed by atoms with van der Waals surface area (Å²) in [6.07, 6.45) is 21.5. The first-order valence-electron chi connectivity index (χ1n) is 11.5. The molecule has 0 aliphatic carbocycles. The molecule has 1 atom stereocenters. The molecule has 0 fully saturated rings. The average molecular weight is 437 g/mol. The molecule has 174 valence electrons. The van der Waals surface area contributed by atoms with Crippen molar-refractivity contribution in [1.29, 1.82) is 0 Å². The Kier molecular flexibility index (Phi) is 20.5. The predicted molar refractivity (Wildman–Crippen MR) is 118 cm³/mol. The fourth-order valence-corrected chi connectivity index (χ4v) is 3.73. The van der Waals surface area contributed by atoms with Crippen LogP contribution in [0.4, 0.5) is 0 Å². The van der Waals surface area contributed by atoms with Crippen molar-refractivity contribution >= 4 is 10.4 Å². The Labute approximate surface area is 179 Å². The van der Waals surface area contributed by atoms with E-state index in [0.29, 0.717) is 6.42 Å². The molecule has 0 bridgehead atoms. The van der Waals surface area contributed by atoms with Crippen LogP contribution in [-0.2, 0) is 19.3 Å². The molecule has 0 rings (SSSR count). The first kappa shape index (κ1) is 28.5. The molecule has 1 unspecified atom stereocenters. The zero-order chi connectivity index (χ0) is 21.6. The van der Waals surface area contributed by atoms with Crippen molar-refractivity contribution in [3.63, 3.8) is 0 Å². The normalized spacial score (nSPS) is 13.3. The fraction of sp³-hybridized carbons (Fsp3) is 0.909. The summed E-state index contributed by atoms with van der Waals surface area (Å²) in [7, 11) is -4.48. The highest BCUT2D eigenvalue weighted by molar-refractivity contribution is 7.80. The van der Waals surface area contributed by atoms with Gasteiger partial charge in [0.15, 0.2) is 0 Å². The minimum absolute atomic E-state index is 0.0470. The van der Waals surface area contributed by atoms with Gasteiger partial charge in [-0.15, -0.1) is 0 Å². The molecule has 0 amide bonds. The second-order valence-electron chi connectivity index (χ2n) is 7.67. The van der Waals surface area contributed by atoms with Gasteiger partial charge in [-0.05, 0) is 32.1 Å². The number of unbranched alkanes of at least 4 members (excludes halogenated alkanes) is 12. The topological polar surface area (TPSA) is 93.1 Å². The summed E-state index contributed by atoms with van der Waals surface area (Å²) >= 11 is 0. The number of hydrogen-bond acceptors (Lipinski definition) is 5. The third-order valence-electron chi connectivity index (χ3n) is 4.83. The molecule has 0 radical (unpaired) electrons. The first-order chi connectivity index (χ1) is 14.0. The lowest BCUT2D eigenvalue weighted by Crippen LogP contribution is -2.24. The van der Waals surface area contributed by atoms with Gasteiger partial charge in [0.2, 0.25) is 0 Å². The quantitative estimate of drug-likeness (QED) is 0.130. The van der Waals surface area contributed by atoms with E-state index in [9.17, 15) is 8.42 Å². The van der Waals surface area contributed by atoms with Crippen molar-refractivity contribution in [2.24, 2.45) is 0 Å². The standard InChI is InChI=1S/C22H44O6S/c1-2-3-4-5-6-7-8-9-10-11-12-13-14-15-16-17-18-22(21-27-20-19-23)28-29(24,25)26/h9-10,22-23H,2-8,11-21H2,1H3,(H,24,25,26)/b10-9-. The summed E-state index contributed by atoms with van der Waals surface area (Å²) < 4.78 is 40.3. The van der Waals surface area contributed by atoms with Gasteiger partial charge in [-0.2, -0.15) is 8.42 Å². The molecule has 0 aliphatic heterocycles. The lowest BCUT2D eigenvalue weighted by atomic mass is 10.1. The molecule has 0 aliphatic rings. The molecule has 0 spiro atoms. The smallest absolute Gasteiger partial charge is 0.394 e. The van der Waals surface area contributed by atoms with Gasteiger partial charge in [-0.3, -0.25) is 4.55 Å². The lowest BCUT2D eigenvalue weighted by Gasteiger charge is -2.15. The van der Waals surface area contributed by atoms with Crippen LogP contribution in [0.5, 0.6) is 0 Å². The van der Waals surface area contributed by atoms with E-state index < -0.39 is 16.5 Å². The molecular weight excluding hydrogens is 392 g/mol. The number of allylic oxidation sites excluding steroid dienone is 2. The molecule has 0 aromatic heterocycles. The van der Waals surface area contributed by atoms with Crippen LogP contribution in [0.3, 0.4) is 0 Å². The van der Waals surface area contributed by atoms with E-state index >= 15 is 0 Å². The average Bonchev–Trinajstić information content (AvgIpc) is 2.66. The second kappa shape index (κ2) is 20.8. The largest absolute Gasteiger partial charge is 0.397 e. The van der Waals surface area contributed by atoms with Crippen molar-refractivity contribution in [1.82, 2.24) is 0 Å². The van der Waals surface area contributed by atoms with Crippen molar-refractivity contribution in [2.45, 2.75) is 109 Å². The zero-order valence-corrected chi connectivity index (χ0v) is 19.2. The Morgan fingerprint density at radius 3 is 1.86 bits per heavy atom. The number of aliphatic hydroxyl groups is 1. The Morgan fingerprint density at radius 2 is 1.34 bits per heavy atom. The van der Waals surface area contributed by atoms with Crippen LogP contribution in [0.2, 0.25) is 0 Å². The maximum atomic E-state index is 10.9. The molecular formula is C22H44O6S.